The second-order valence-electron chi connectivity index (χ2n) is 12.0. The first-order valence-electron chi connectivity index (χ1n) is 14.5. The number of hydrogen-bond donors (Lipinski definition) is 1. The molecule has 41 heavy (non-hydrogen) atoms. The number of aromatic nitrogens is 1. The summed E-state index contributed by atoms with van der Waals surface area (Å²) in [5.41, 5.74) is 5.56. The van der Waals surface area contributed by atoms with Crippen LogP contribution in [0.1, 0.15) is 41.5 Å². The standard InChI is InChI=1S/C32H34N4O4S/c1-19-2-7-29(40-16-23-4-3-20(9-24(23)11-33)12-35-15-26-10-25(35)17-39-26)27(8-19)28-18-41-32(34-28)36-13-21-5-6-22(14-36)30(21)31(37)38/h2-4,7-9,18,21-22,25-26,30H,5-6,10,12-17H2,1H3,(H,37,38)/t21-,22+,25-,26-,30?/m0/s1. The van der Waals surface area contributed by atoms with Gasteiger partial charge in [-0.1, -0.05) is 23.8 Å². The Hall–Kier alpha value is -3.45. The lowest BCUT2D eigenvalue weighted by molar-refractivity contribution is -0.144. The summed E-state index contributed by atoms with van der Waals surface area (Å²) in [7, 11) is 0. The third kappa shape index (κ3) is 5.09. The van der Waals surface area contributed by atoms with Crippen LogP contribution in [0.2, 0.25) is 0 Å². The van der Waals surface area contributed by atoms with Crippen LogP contribution in [0.5, 0.6) is 5.75 Å². The molecule has 5 atom stereocenters. The van der Waals surface area contributed by atoms with E-state index in [4.69, 9.17) is 14.5 Å². The van der Waals surface area contributed by atoms with Gasteiger partial charge in [0.1, 0.15) is 12.4 Å². The van der Waals surface area contributed by atoms with Gasteiger partial charge < -0.3 is 19.5 Å². The van der Waals surface area contributed by atoms with Gasteiger partial charge in [-0.05, 0) is 61.8 Å². The Bertz CT molecular complexity index is 1500. The van der Waals surface area contributed by atoms with Crippen LogP contribution in [0.25, 0.3) is 11.3 Å². The maximum absolute atomic E-state index is 11.8. The van der Waals surface area contributed by atoms with Crippen LogP contribution in [0.3, 0.4) is 0 Å². The smallest absolute Gasteiger partial charge is 0.307 e. The van der Waals surface area contributed by atoms with Crippen LogP contribution in [0.4, 0.5) is 5.13 Å². The quantitative estimate of drug-likeness (QED) is 0.400. The van der Waals surface area contributed by atoms with Gasteiger partial charge in [-0.25, -0.2) is 4.98 Å². The number of piperidine rings is 1. The summed E-state index contributed by atoms with van der Waals surface area (Å²) in [6, 6.07) is 15.1. The van der Waals surface area contributed by atoms with E-state index in [1.54, 1.807) is 11.3 Å². The molecule has 3 aromatic rings. The zero-order chi connectivity index (χ0) is 28.1. The molecule has 4 fully saturated rings. The Labute approximate surface area is 244 Å². The Morgan fingerprint density at radius 1 is 1.20 bits per heavy atom. The van der Waals surface area contributed by atoms with E-state index in [1.807, 2.05) is 24.3 Å². The van der Waals surface area contributed by atoms with Crippen LogP contribution in [0, 0.1) is 36.0 Å². The van der Waals surface area contributed by atoms with E-state index in [0.717, 1.165) is 90.9 Å². The van der Waals surface area contributed by atoms with Crippen LogP contribution < -0.4 is 9.64 Å². The van der Waals surface area contributed by atoms with E-state index in [-0.39, 0.29) is 17.8 Å². The van der Waals surface area contributed by atoms with Crippen molar-refractivity contribution in [3.63, 3.8) is 0 Å². The highest BCUT2D eigenvalue weighted by molar-refractivity contribution is 7.14. The van der Waals surface area contributed by atoms with Gasteiger partial charge in [0.25, 0.3) is 0 Å². The van der Waals surface area contributed by atoms with Crippen molar-refractivity contribution in [3.05, 3.63) is 64.0 Å². The number of likely N-dealkylation sites (tertiary alicyclic amines) is 1. The van der Waals surface area contributed by atoms with Gasteiger partial charge in [-0.3, -0.25) is 9.69 Å². The predicted molar refractivity (Wildman–Crippen MR) is 156 cm³/mol. The summed E-state index contributed by atoms with van der Waals surface area (Å²) in [4.78, 5) is 21.5. The number of nitriles is 1. The number of carbonyl (C=O) groups is 1. The number of aliphatic carboxylic acids is 1. The fourth-order valence-corrected chi connectivity index (χ4v) is 8.15. The number of carboxylic acids is 1. The summed E-state index contributed by atoms with van der Waals surface area (Å²) < 4.78 is 12.1. The van der Waals surface area contributed by atoms with E-state index in [0.29, 0.717) is 24.3 Å². The van der Waals surface area contributed by atoms with Gasteiger partial charge in [-0.2, -0.15) is 5.26 Å². The number of anilines is 1. The van der Waals surface area contributed by atoms with Gasteiger partial charge in [0.05, 0.1) is 36.0 Å². The summed E-state index contributed by atoms with van der Waals surface area (Å²) in [5.74, 6) is 0.243. The average molecular weight is 571 g/mol. The van der Waals surface area contributed by atoms with Crippen LogP contribution in [-0.2, 0) is 22.7 Å². The molecule has 0 amide bonds. The van der Waals surface area contributed by atoms with Gasteiger partial charge in [0.15, 0.2) is 5.13 Å². The van der Waals surface area contributed by atoms with E-state index in [2.05, 4.69) is 40.3 Å². The number of morpholine rings is 1. The van der Waals surface area contributed by atoms with Crippen molar-refractivity contribution in [1.82, 2.24) is 9.88 Å². The second kappa shape index (κ2) is 10.8. The molecule has 9 heteroatoms. The molecule has 4 aliphatic rings. The monoisotopic (exact) mass is 570 g/mol. The molecule has 3 saturated heterocycles. The Morgan fingerprint density at radius 2 is 2.02 bits per heavy atom. The molecule has 1 unspecified atom stereocenters. The first-order valence-corrected chi connectivity index (χ1v) is 15.4. The van der Waals surface area contributed by atoms with Crippen molar-refractivity contribution >= 4 is 22.4 Å². The maximum Gasteiger partial charge on any atom is 0.307 e. The van der Waals surface area contributed by atoms with Crippen LogP contribution in [-0.4, -0.2) is 59.3 Å². The third-order valence-corrected chi connectivity index (χ3v) is 10.3. The second-order valence-corrected chi connectivity index (χ2v) is 12.9. The number of hydrogen-bond acceptors (Lipinski definition) is 8. The molecule has 4 heterocycles. The van der Waals surface area contributed by atoms with Crippen LogP contribution in [0.15, 0.2) is 41.8 Å². The minimum atomic E-state index is -0.652. The first-order chi connectivity index (χ1) is 19.9. The zero-order valence-corrected chi connectivity index (χ0v) is 24.0. The molecule has 3 aliphatic heterocycles. The van der Waals surface area contributed by atoms with Gasteiger partial charge in [0.2, 0.25) is 0 Å². The molecule has 2 aromatic carbocycles. The molecule has 212 valence electrons. The largest absolute Gasteiger partial charge is 0.488 e. The Balaban J connectivity index is 1.06. The molecule has 1 N–H and O–H groups in total. The SMILES string of the molecule is Cc1ccc(OCc2ccc(CN3C[C@@H]4C[C@H]3CO4)cc2C#N)c(-c2csc(N3C[C@H]4CC[C@@H](C3)C4C(=O)O)n2)c1. The highest BCUT2D eigenvalue weighted by Gasteiger charge is 2.46. The lowest BCUT2D eigenvalue weighted by Gasteiger charge is -2.35. The molecular formula is C32H34N4O4S. The summed E-state index contributed by atoms with van der Waals surface area (Å²) in [6.07, 6.45) is 3.43. The fraction of sp³-hybridized carbons (Fsp3) is 0.469. The van der Waals surface area contributed by atoms with Gasteiger partial charge >= 0.3 is 5.97 Å². The summed E-state index contributed by atoms with van der Waals surface area (Å²) >= 11 is 1.60. The van der Waals surface area contributed by atoms with Gasteiger partial charge in [-0.15, -0.1) is 11.3 Å². The highest BCUT2D eigenvalue weighted by Crippen LogP contribution is 2.44. The van der Waals surface area contributed by atoms with E-state index in [1.165, 1.54) is 0 Å². The molecular weight excluding hydrogens is 536 g/mol. The Kier molecular flexibility index (Phi) is 6.93. The summed E-state index contributed by atoms with van der Waals surface area (Å²) in [5, 5.41) is 22.6. The molecule has 8 nitrogen and oxygen atoms in total. The normalized spacial score (nSPS) is 26.8. The van der Waals surface area contributed by atoms with Crippen molar-refractivity contribution in [2.75, 3.05) is 31.1 Å². The van der Waals surface area contributed by atoms with Crippen molar-refractivity contribution in [3.8, 4) is 23.1 Å². The zero-order valence-electron chi connectivity index (χ0n) is 23.2. The fourth-order valence-electron chi connectivity index (χ4n) is 7.30. The van der Waals surface area contributed by atoms with Crippen molar-refractivity contribution in [2.24, 2.45) is 17.8 Å². The summed E-state index contributed by atoms with van der Waals surface area (Å²) in [6.45, 7) is 6.46. The van der Waals surface area contributed by atoms with E-state index < -0.39 is 5.97 Å². The van der Waals surface area contributed by atoms with Crippen LogP contribution >= 0.6 is 11.3 Å². The van der Waals surface area contributed by atoms with Crippen molar-refractivity contribution in [1.29, 1.82) is 5.26 Å². The van der Waals surface area contributed by atoms with Gasteiger partial charge in [0, 0.05) is 48.7 Å². The molecule has 0 radical (unpaired) electrons. The van der Waals surface area contributed by atoms with Crippen molar-refractivity contribution in [2.45, 2.75) is 51.5 Å². The maximum atomic E-state index is 11.8. The molecule has 0 spiro atoms. The average Bonchev–Trinajstić information content (AvgIpc) is 3.77. The highest BCUT2D eigenvalue weighted by atomic mass is 32.1. The molecule has 1 aliphatic carbocycles. The lowest BCUT2D eigenvalue weighted by Crippen LogP contribution is -2.44. The number of thiazole rings is 1. The molecule has 1 saturated carbocycles. The number of rotatable bonds is 8. The minimum absolute atomic E-state index is 0.191. The van der Waals surface area contributed by atoms with Crippen molar-refractivity contribution < 1.29 is 19.4 Å². The minimum Gasteiger partial charge on any atom is -0.488 e. The van der Waals surface area contributed by atoms with E-state index in [9.17, 15) is 15.2 Å². The van der Waals surface area contributed by atoms with E-state index >= 15 is 0 Å². The topological polar surface area (TPSA) is 98.9 Å². The number of benzene rings is 2. The number of carboxylic acid groups (broad SMARTS) is 1. The molecule has 4 bridgehead atoms. The number of aryl methyl sites for hydroxylation is 1. The number of ether oxygens (including phenoxy) is 2. The third-order valence-electron chi connectivity index (χ3n) is 9.37. The number of fused-ring (bicyclic) bond motifs is 4. The number of nitrogens with zero attached hydrogens (tertiary/aromatic N) is 4. The predicted octanol–water partition coefficient (Wildman–Crippen LogP) is 5.09. The first kappa shape index (κ1) is 26.4. The molecule has 7 rings (SSSR count). The molecule has 1 aromatic heterocycles. The lowest BCUT2D eigenvalue weighted by atomic mass is 9.85. The Morgan fingerprint density at radius 3 is 2.73 bits per heavy atom.